The minimum atomic E-state index is -4.51. The van der Waals surface area contributed by atoms with Crippen molar-refractivity contribution >= 4 is 40.5 Å². The second-order valence-electron chi connectivity index (χ2n) is 5.49. The first-order valence-electron chi connectivity index (χ1n) is 7.20. The molecule has 134 valence electrons. The lowest BCUT2D eigenvalue weighted by molar-refractivity contribution is -0.147. The van der Waals surface area contributed by atoms with Crippen LogP contribution in [0.4, 0.5) is 18.9 Å². The van der Waals surface area contributed by atoms with E-state index in [4.69, 9.17) is 29.6 Å². The van der Waals surface area contributed by atoms with Crippen molar-refractivity contribution in [2.45, 2.75) is 18.1 Å². The maximum Gasteiger partial charge on any atom is 0.389 e. The van der Waals surface area contributed by atoms with E-state index in [9.17, 15) is 18.0 Å². The Kier molecular flexibility index (Phi) is 5.74. The van der Waals surface area contributed by atoms with Crippen LogP contribution in [0.2, 0.25) is 0 Å². The highest BCUT2D eigenvalue weighted by atomic mass is 35.5. The Hall–Kier alpha value is -2.06. The number of alkyl halides is 3. The highest BCUT2D eigenvalue weighted by Crippen LogP contribution is 2.37. The lowest BCUT2D eigenvalue weighted by Gasteiger charge is -2.38. The Morgan fingerprint density at radius 1 is 1.32 bits per heavy atom. The molecule has 4 nitrogen and oxygen atoms in total. The number of thiocarbonyl (C=S) groups is 1. The van der Waals surface area contributed by atoms with E-state index < -0.39 is 30.0 Å². The SMILES string of the molecule is NC(=O)C1(NC(=S)Nc2ccccc2)C=CC(Cl)=CC1CC(F)(F)F. The number of nitrogens with two attached hydrogens (primary N) is 1. The van der Waals surface area contributed by atoms with Gasteiger partial charge in [-0.15, -0.1) is 0 Å². The number of halogens is 4. The average molecular weight is 390 g/mol. The monoisotopic (exact) mass is 389 g/mol. The van der Waals surface area contributed by atoms with Gasteiger partial charge < -0.3 is 16.4 Å². The number of amides is 1. The van der Waals surface area contributed by atoms with Crippen LogP contribution in [-0.4, -0.2) is 22.7 Å². The van der Waals surface area contributed by atoms with Crippen molar-refractivity contribution in [2.75, 3.05) is 5.32 Å². The fraction of sp³-hybridized carbons (Fsp3) is 0.250. The van der Waals surface area contributed by atoms with E-state index >= 15 is 0 Å². The molecule has 0 saturated heterocycles. The Bertz CT molecular complexity index is 721. The third-order valence-corrected chi connectivity index (χ3v) is 4.12. The standard InChI is InChI=1S/C16H15ClF3N3OS/c17-11-6-7-15(13(21)24,10(8-11)9-16(18,19)20)23-14(25)22-12-4-2-1-3-5-12/h1-8,10H,9H2,(H2,21,24)(H2,22,23,25). The van der Waals surface area contributed by atoms with Crippen LogP contribution in [0.3, 0.4) is 0 Å². The summed E-state index contributed by atoms with van der Waals surface area (Å²) in [6.07, 6.45) is -2.11. The Morgan fingerprint density at radius 3 is 2.52 bits per heavy atom. The largest absolute Gasteiger partial charge is 0.389 e. The van der Waals surface area contributed by atoms with Gasteiger partial charge in [0, 0.05) is 16.6 Å². The molecule has 2 rings (SSSR count). The van der Waals surface area contributed by atoms with Crippen molar-refractivity contribution in [2.24, 2.45) is 11.7 Å². The first-order valence-corrected chi connectivity index (χ1v) is 7.98. The molecular weight excluding hydrogens is 375 g/mol. The van der Waals surface area contributed by atoms with Crippen LogP contribution >= 0.6 is 23.8 Å². The maximum atomic E-state index is 12.9. The summed E-state index contributed by atoms with van der Waals surface area (Å²) in [6, 6.07) is 8.73. The minimum absolute atomic E-state index is 0.0340. The number of hydrogen-bond donors (Lipinski definition) is 3. The van der Waals surface area contributed by atoms with Crippen LogP contribution in [0.1, 0.15) is 6.42 Å². The van der Waals surface area contributed by atoms with E-state index in [1.165, 1.54) is 12.2 Å². The van der Waals surface area contributed by atoms with E-state index in [1.54, 1.807) is 30.3 Å². The highest BCUT2D eigenvalue weighted by Gasteiger charge is 2.48. The van der Waals surface area contributed by atoms with Gasteiger partial charge in [0.15, 0.2) is 5.11 Å². The topological polar surface area (TPSA) is 67.2 Å². The predicted octanol–water partition coefficient (Wildman–Crippen LogP) is 3.46. The summed E-state index contributed by atoms with van der Waals surface area (Å²) in [5.74, 6) is -2.33. The third kappa shape index (κ3) is 4.96. The summed E-state index contributed by atoms with van der Waals surface area (Å²) in [5.41, 5.74) is 4.19. The molecule has 9 heteroatoms. The fourth-order valence-electron chi connectivity index (χ4n) is 2.52. The normalized spacial score (nSPS) is 22.9. The Labute approximate surface area is 152 Å². The van der Waals surface area contributed by atoms with E-state index in [-0.39, 0.29) is 10.1 Å². The van der Waals surface area contributed by atoms with Gasteiger partial charge in [-0.2, -0.15) is 13.2 Å². The van der Waals surface area contributed by atoms with Crippen LogP contribution in [0, 0.1) is 5.92 Å². The summed E-state index contributed by atoms with van der Waals surface area (Å²) in [6.45, 7) is 0. The number of hydrogen-bond acceptors (Lipinski definition) is 2. The highest BCUT2D eigenvalue weighted by molar-refractivity contribution is 7.80. The number of carbonyl (C=O) groups excluding carboxylic acids is 1. The molecule has 2 atom stereocenters. The summed E-state index contributed by atoms with van der Waals surface area (Å²) in [5, 5.41) is 5.49. The van der Waals surface area contributed by atoms with E-state index in [0.717, 1.165) is 6.08 Å². The zero-order valence-corrected chi connectivity index (χ0v) is 14.4. The average Bonchev–Trinajstić information content (AvgIpc) is 2.49. The van der Waals surface area contributed by atoms with Crippen LogP contribution < -0.4 is 16.4 Å². The van der Waals surface area contributed by atoms with Gasteiger partial charge >= 0.3 is 6.18 Å². The number of allylic oxidation sites excluding steroid dienone is 2. The molecule has 1 amide bonds. The molecular formula is C16H15ClF3N3OS. The zero-order chi connectivity index (χ0) is 18.7. The zero-order valence-electron chi connectivity index (χ0n) is 12.8. The summed E-state index contributed by atoms with van der Waals surface area (Å²) in [7, 11) is 0. The molecule has 0 fully saturated rings. The van der Waals surface area contributed by atoms with Gasteiger partial charge in [0.05, 0.1) is 6.42 Å². The molecule has 1 aromatic rings. The minimum Gasteiger partial charge on any atom is -0.367 e. The van der Waals surface area contributed by atoms with Gasteiger partial charge in [0.1, 0.15) is 5.54 Å². The van der Waals surface area contributed by atoms with Gasteiger partial charge in [0.2, 0.25) is 5.91 Å². The molecule has 0 saturated carbocycles. The molecule has 25 heavy (non-hydrogen) atoms. The van der Waals surface area contributed by atoms with Crippen molar-refractivity contribution < 1.29 is 18.0 Å². The molecule has 1 aromatic carbocycles. The molecule has 0 heterocycles. The molecule has 0 spiro atoms. The number of primary amides is 1. The molecule has 4 N–H and O–H groups in total. The van der Waals surface area contributed by atoms with Gasteiger partial charge in [-0.05, 0) is 36.5 Å². The quantitative estimate of drug-likeness (QED) is 0.690. The first kappa shape index (κ1) is 19.3. The van der Waals surface area contributed by atoms with Crippen molar-refractivity contribution in [3.8, 4) is 0 Å². The number of rotatable bonds is 4. The van der Waals surface area contributed by atoms with Crippen molar-refractivity contribution in [3.05, 3.63) is 53.6 Å². The van der Waals surface area contributed by atoms with Gasteiger partial charge in [-0.1, -0.05) is 35.9 Å². The van der Waals surface area contributed by atoms with Crippen molar-refractivity contribution in [1.29, 1.82) is 0 Å². The molecule has 0 radical (unpaired) electrons. The molecule has 1 aliphatic carbocycles. The second kappa shape index (κ2) is 7.45. The van der Waals surface area contributed by atoms with Gasteiger partial charge in [-0.3, -0.25) is 4.79 Å². The molecule has 0 aliphatic heterocycles. The lowest BCUT2D eigenvalue weighted by Crippen LogP contribution is -2.62. The number of benzene rings is 1. The van der Waals surface area contributed by atoms with Crippen molar-refractivity contribution in [3.63, 3.8) is 0 Å². The van der Waals surface area contributed by atoms with Crippen LogP contribution in [-0.2, 0) is 4.79 Å². The molecule has 0 bridgehead atoms. The molecule has 1 aliphatic rings. The van der Waals surface area contributed by atoms with Crippen LogP contribution in [0.15, 0.2) is 53.6 Å². The predicted molar refractivity (Wildman–Crippen MR) is 95.0 cm³/mol. The lowest BCUT2D eigenvalue weighted by atomic mass is 9.77. The van der Waals surface area contributed by atoms with Crippen LogP contribution in [0.5, 0.6) is 0 Å². The number of anilines is 1. The Balaban J connectivity index is 2.28. The van der Waals surface area contributed by atoms with Gasteiger partial charge in [-0.25, -0.2) is 0 Å². The van der Waals surface area contributed by atoms with E-state index in [1.807, 2.05) is 0 Å². The number of nitrogens with one attached hydrogen (secondary N) is 2. The van der Waals surface area contributed by atoms with Crippen molar-refractivity contribution in [1.82, 2.24) is 5.32 Å². The molecule has 2 unspecified atom stereocenters. The molecule has 0 aromatic heterocycles. The summed E-state index contributed by atoms with van der Waals surface area (Å²) >= 11 is 11.0. The maximum absolute atomic E-state index is 12.9. The van der Waals surface area contributed by atoms with E-state index in [0.29, 0.717) is 5.69 Å². The number of para-hydroxylation sites is 1. The first-order chi connectivity index (χ1) is 11.6. The van der Waals surface area contributed by atoms with Crippen LogP contribution in [0.25, 0.3) is 0 Å². The summed E-state index contributed by atoms with van der Waals surface area (Å²) < 4.78 is 38.8. The second-order valence-corrected chi connectivity index (χ2v) is 6.33. The smallest absolute Gasteiger partial charge is 0.367 e. The fourth-order valence-corrected chi connectivity index (χ4v) is 3.02. The Morgan fingerprint density at radius 2 is 1.96 bits per heavy atom. The number of carbonyl (C=O) groups is 1. The third-order valence-electron chi connectivity index (χ3n) is 3.66. The summed E-state index contributed by atoms with van der Waals surface area (Å²) in [4.78, 5) is 12.0. The van der Waals surface area contributed by atoms with Gasteiger partial charge in [0.25, 0.3) is 0 Å². The van der Waals surface area contributed by atoms with E-state index in [2.05, 4.69) is 10.6 Å².